The van der Waals surface area contributed by atoms with E-state index >= 15 is 0 Å². The van der Waals surface area contributed by atoms with Crippen LogP contribution in [0.25, 0.3) is 0 Å². The summed E-state index contributed by atoms with van der Waals surface area (Å²) in [6, 6.07) is 4.81. The first-order chi connectivity index (χ1) is 9.09. The van der Waals surface area contributed by atoms with Crippen LogP contribution in [-0.4, -0.2) is 32.6 Å². The molecule has 0 amide bonds. The van der Waals surface area contributed by atoms with Gasteiger partial charge in [-0.1, -0.05) is 32.9 Å². The molecule has 0 aliphatic rings. The van der Waals surface area contributed by atoms with Crippen LogP contribution in [0.5, 0.6) is 5.75 Å². The molecule has 0 saturated carbocycles. The van der Waals surface area contributed by atoms with Gasteiger partial charge in [-0.05, 0) is 17.5 Å². The van der Waals surface area contributed by atoms with Gasteiger partial charge in [0, 0.05) is 0 Å². The maximum atomic E-state index is 12.3. The van der Waals surface area contributed by atoms with Crippen LogP contribution < -0.4 is 9.46 Å². The molecule has 0 saturated heterocycles. The number of methoxy groups -OCH3 is 1. The van der Waals surface area contributed by atoms with Crippen LogP contribution in [0, 0.1) is 5.41 Å². The third kappa shape index (κ3) is 3.71. The molecular weight excluding hydrogens is 282 g/mol. The van der Waals surface area contributed by atoms with E-state index in [1.165, 1.54) is 19.2 Å². The summed E-state index contributed by atoms with van der Waals surface area (Å²) in [6.07, 6.45) is 0. The Morgan fingerprint density at radius 1 is 1.30 bits per heavy atom. The van der Waals surface area contributed by atoms with Gasteiger partial charge in [0.15, 0.2) is 0 Å². The minimum absolute atomic E-state index is 0.0852. The van der Waals surface area contributed by atoms with Crippen LogP contribution in [0.15, 0.2) is 29.2 Å². The van der Waals surface area contributed by atoms with Crippen LogP contribution >= 0.6 is 0 Å². The second kappa shape index (κ2) is 5.80. The zero-order valence-corrected chi connectivity index (χ0v) is 12.7. The van der Waals surface area contributed by atoms with Crippen molar-refractivity contribution >= 4 is 16.0 Å². The van der Waals surface area contributed by atoms with E-state index in [0.29, 0.717) is 0 Å². The van der Waals surface area contributed by atoms with E-state index < -0.39 is 27.4 Å². The van der Waals surface area contributed by atoms with Gasteiger partial charge in [-0.15, -0.1) is 0 Å². The SMILES string of the molecule is COc1ccccc1S(=O)(=O)NC(C(=O)O)C(C)(C)C. The zero-order valence-electron chi connectivity index (χ0n) is 11.9. The summed E-state index contributed by atoms with van der Waals surface area (Å²) in [5, 5.41) is 9.19. The standard InChI is InChI=1S/C13H19NO5S/c1-13(2,3)11(12(15)16)14-20(17,18)10-8-6-5-7-9(10)19-4/h5-8,11,14H,1-4H3,(H,15,16). The molecule has 0 heterocycles. The summed E-state index contributed by atoms with van der Waals surface area (Å²) in [4.78, 5) is 11.2. The molecule has 1 unspecified atom stereocenters. The minimum Gasteiger partial charge on any atom is -0.495 e. The molecule has 2 N–H and O–H groups in total. The summed E-state index contributed by atoms with van der Waals surface area (Å²) < 4.78 is 31.8. The van der Waals surface area contributed by atoms with Crippen LogP contribution in [-0.2, 0) is 14.8 Å². The Kier molecular flexibility index (Phi) is 4.77. The molecule has 0 aliphatic carbocycles. The van der Waals surface area contributed by atoms with Crippen molar-refractivity contribution in [2.24, 2.45) is 5.41 Å². The second-order valence-corrected chi connectivity index (χ2v) is 7.09. The van der Waals surface area contributed by atoms with Crippen molar-refractivity contribution in [2.75, 3.05) is 7.11 Å². The predicted molar refractivity (Wildman–Crippen MR) is 74.2 cm³/mol. The molecule has 0 fully saturated rings. The average molecular weight is 301 g/mol. The number of sulfonamides is 1. The fraction of sp³-hybridized carbons (Fsp3) is 0.462. The van der Waals surface area contributed by atoms with Crippen molar-refractivity contribution in [3.8, 4) is 5.75 Å². The van der Waals surface area contributed by atoms with Crippen molar-refractivity contribution < 1.29 is 23.1 Å². The normalized spacial score (nSPS) is 13.8. The summed E-state index contributed by atoms with van der Waals surface area (Å²) >= 11 is 0. The van der Waals surface area contributed by atoms with Gasteiger partial charge in [0.2, 0.25) is 10.0 Å². The largest absolute Gasteiger partial charge is 0.495 e. The lowest BCUT2D eigenvalue weighted by atomic mass is 9.88. The van der Waals surface area contributed by atoms with Gasteiger partial charge < -0.3 is 9.84 Å². The summed E-state index contributed by atoms with van der Waals surface area (Å²) in [6.45, 7) is 4.95. The lowest BCUT2D eigenvalue weighted by Crippen LogP contribution is -2.48. The van der Waals surface area contributed by atoms with Gasteiger partial charge in [-0.3, -0.25) is 4.79 Å². The Balaban J connectivity index is 3.21. The number of para-hydroxylation sites is 1. The molecule has 0 radical (unpaired) electrons. The number of nitrogens with one attached hydrogen (secondary N) is 1. The lowest BCUT2D eigenvalue weighted by molar-refractivity contribution is -0.141. The molecular formula is C13H19NO5S. The molecule has 1 aromatic rings. The smallest absolute Gasteiger partial charge is 0.322 e. The highest BCUT2D eigenvalue weighted by molar-refractivity contribution is 7.89. The van der Waals surface area contributed by atoms with E-state index in [9.17, 15) is 18.3 Å². The summed E-state index contributed by atoms with van der Waals surface area (Å²) in [5.41, 5.74) is -0.763. The highest BCUT2D eigenvalue weighted by Gasteiger charge is 2.36. The number of carboxylic acids is 1. The molecule has 1 atom stereocenters. The highest BCUT2D eigenvalue weighted by Crippen LogP contribution is 2.26. The van der Waals surface area contributed by atoms with Crippen LogP contribution in [0.2, 0.25) is 0 Å². The lowest BCUT2D eigenvalue weighted by Gasteiger charge is -2.27. The maximum Gasteiger partial charge on any atom is 0.322 e. The first kappa shape index (κ1) is 16.5. The van der Waals surface area contributed by atoms with E-state index in [-0.39, 0.29) is 10.6 Å². The number of aliphatic carboxylic acids is 1. The van der Waals surface area contributed by atoms with Crippen molar-refractivity contribution in [3.05, 3.63) is 24.3 Å². The molecule has 6 nitrogen and oxygen atoms in total. The topological polar surface area (TPSA) is 92.7 Å². The van der Waals surface area contributed by atoms with E-state index in [1.807, 2.05) is 0 Å². The molecule has 112 valence electrons. The quantitative estimate of drug-likeness (QED) is 0.859. The molecule has 0 spiro atoms. The Bertz CT molecular complexity index is 589. The van der Waals surface area contributed by atoms with Gasteiger partial charge in [0.25, 0.3) is 0 Å². The maximum absolute atomic E-state index is 12.3. The van der Waals surface area contributed by atoms with E-state index in [2.05, 4.69) is 4.72 Å². The van der Waals surface area contributed by atoms with Gasteiger partial charge >= 0.3 is 5.97 Å². The second-order valence-electron chi connectivity index (χ2n) is 5.41. The van der Waals surface area contributed by atoms with Crippen molar-refractivity contribution in [2.45, 2.75) is 31.7 Å². The Hall–Kier alpha value is -1.60. The van der Waals surface area contributed by atoms with Crippen molar-refractivity contribution in [3.63, 3.8) is 0 Å². The molecule has 1 aromatic carbocycles. The minimum atomic E-state index is -3.99. The van der Waals surface area contributed by atoms with Crippen LogP contribution in [0.1, 0.15) is 20.8 Å². The Labute approximate surface area is 118 Å². The highest BCUT2D eigenvalue weighted by atomic mass is 32.2. The first-order valence-electron chi connectivity index (χ1n) is 5.98. The predicted octanol–water partition coefficient (Wildman–Crippen LogP) is 1.47. The van der Waals surface area contributed by atoms with E-state index in [1.54, 1.807) is 32.9 Å². The Morgan fingerprint density at radius 3 is 2.30 bits per heavy atom. The van der Waals surface area contributed by atoms with E-state index in [4.69, 9.17) is 4.74 Å². The number of carbonyl (C=O) groups is 1. The van der Waals surface area contributed by atoms with Gasteiger partial charge in [0.1, 0.15) is 16.7 Å². The molecule has 0 bridgehead atoms. The van der Waals surface area contributed by atoms with Gasteiger partial charge in [-0.25, -0.2) is 8.42 Å². The number of carboxylic acid groups (broad SMARTS) is 1. The average Bonchev–Trinajstić information content (AvgIpc) is 2.34. The molecule has 7 heteroatoms. The van der Waals surface area contributed by atoms with Crippen LogP contribution in [0.3, 0.4) is 0 Å². The monoisotopic (exact) mass is 301 g/mol. The molecule has 0 aromatic heterocycles. The number of rotatable bonds is 5. The summed E-state index contributed by atoms with van der Waals surface area (Å²) in [7, 11) is -2.63. The zero-order chi connectivity index (χ0) is 15.6. The van der Waals surface area contributed by atoms with E-state index in [0.717, 1.165) is 0 Å². The van der Waals surface area contributed by atoms with Crippen molar-refractivity contribution in [1.82, 2.24) is 4.72 Å². The Morgan fingerprint density at radius 2 is 1.85 bits per heavy atom. The number of hydrogen-bond acceptors (Lipinski definition) is 4. The summed E-state index contributed by atoms with van der Waals surface area (Å²) in [5.74, 6) is -1.06. The van der Waals surface area contributed by atoms with Crippen LogP contribution in [0.4, 0.5) is 0 Å². The number of hydrogen-bond donors (Lipinski definition) is 2. The fourth-order valence-corrected chi connectivity index (χ4v) is 3.22. The third-order valence-corrected chi connectivity index (χ3v) is 4.21. The number of ether oxygens (including phenoxy) is 1. The van der Waals surface area contributed by atoms with Gasteiger partial charge in [-0.2, -0.15) is 4.72 Å². The fourth-order valence-electron chi connectivity index (χ4n) is 1.66. The molecule has 1 rings (SSSR count). The molecule has 20 heavy (non-hydrogen) atoms. The van der Waals surface area contributed by atoms with Crippen molar-refractivity contribution in [1.29, 1.82) is 0 Å². The first-order valence-corrected chi connectivity index (χ1v) is 7.46. The van der Waals surface area contributed by atoms with Gasteiger partial charge in [0.05, 0.1) is 7.11 Å². The molecule has 0 aliphatic heterocycles. The third-order valence-electron chi connectivity index (χ3n) is 2.74. The number of benzene rings is 1.